The quantitative estimate of drug-likeness (QED) is 0.518. The first-order valence-electron chi connectivity index (χ1n) is 10.4. The summed E-state index contributed by atoms with van der Waals surface area (Å²) < 4.78 is 58.6. The predicted octanol–water partition coefficient (Wildman–Crippen LogP) is 3.33. The topological polar surface area (TPSA) is 113 Å². The van der Waals surface area contributed by atoms with Gasteiger partial charge in [0, 0.05) is 17.8 Å². The van der Waals surface area contributed by atoms with Crippen LogP contribution < -0.4 is 18.7 Å². The van der Waals surface area contributed by atoms with E-state index in [-0.39, 0.29) is 17.2 Å². The van der Waals surface area contributed by atoms with Crippen molar-refractivity contribution >= 4 is 54.6 Å². The molecule has 0 spiro atoms. The average molecular weight is 536 g/mol. The largest absolute Gasteiger partial charge is 0.476 e. The number of nitrogens with zero attached hydrogens (tertiary/aromatic N) is 2. The Labute approximate surface area is 209 Å². The lowest BCUT2D eigenvalue weighted by molar-refractivity contribution is -0.122. The van der Waals surface area contributed by atoms with E-state index in [1.807, 2.05) is 0 Å². The molecule has 1 atom stereocenters. The lowest BCUT2D eigenvalue weighted by Gasteiger charge is -2.34. The molecule has 0 saturated carbocycles. The number of amides is 1. The summed E-state index contributed by atoms with van der Waals surface area (Å²) in [5.74, 6) is -0.350. The molecule has 12 heteroatoms. The zero-order valence-electron chi connectivity index (χ0n) is 18.8. The summed E-state index contributed by atoms with van der Waals surface area (Å²) in [6, 6.07) is 18.6. The van der Waals surface area contributed by atoms with Crippen LogP contribution in [0.3, 0.4) is 0 Å². The third-order valence-electron chi connectivity index (χ3n) is 5.40. The summed E-state index contributed by atoms with van der Waals surface area (Å²) >= 11 is 5.91. The number of benzene rings is 3. The molecule has 1 amide bonds. The maximum atomic E-state index is 13.4. The van der Waals surface area contributed by atoms with Crippen LogP contribution in [0.5, 0.6) is 5.75 Å². The van der Waals surface area contributed by atoms with Crippen LogP contribution in [0, 0.1) is 0 Å². The standard InChI is InChI=1S/C23H22ClN3O6S2/c1-26(34(2,29)30)18-7-5-6-17(14-18)25-23(28)22-15-27(20-8-3-4-9-21(20)33-22)35(31,32)19-12-10-16(24)11-13-19/h3-14,22H,15H2,1-2H3,(H,25,28)/t22-/m1/s1. The Balaban J connectivity index is 1.62. The molecule has 0 fully saturated rings. The van der Waals surface area contributed by atoms with Gasteiger partial charge in [-0.25, -0.2) is 16.8 Å². The van der Waals surface area contributed by atoms with Gasteiger partial charge in [0.2, 0.25) is 10.0 Å². The van der Waals surface area contributed by atoms with E-state index in [1.165, 1.54) is 37.4 Å². The third-order valence-corrected chi connectivity index (χ3v) is 8.66. The highest BCUT2D eigenvalue weighted by Gasteiger charge is 2.37. The maximum absolute atomic E-state index is 13.4. The number of carbonyl (C=O) groups is 1. The Morgan fingerprint density at radius 2 is 1.71 bits per heavy atom. The zero-order valence-corrected chi connectivity index (χ0v) is 21.1. The van der Waals surface area contributed by atoms with E-state index in [0.29, 0.717) is 22.1 Å². The molecule has 0 bridgehead atoms. The van der Waals surface area contributed by atoms with Gasteiger partial charge in [-0.1, -0.05) is 29.8 Å². The van der Waals surface area contributed by atoms with Crippen molar-refractivity contribution < 1.29 is 26.4 Å². The molecule has 0 saturated heterocycles. The zero-order chi connectivity index (χ0) is 25.4. The van der Waals surface area contributed by atoms with Crippen molar-refractivity contribution in [2.45, 2.75) is 11.0 Å². The van der Waals surface area contributed by atoms with Gasteiger partial charge in [0.15, 0.2) is 6.10 Å². The number of ether oxygens (including phenoxy) is 1. The van der Waals surface area contributed by atoms with Gasteiger partial charge in [-0.3, -0.25) is 13.4 Å². The minimum absolute atomic E-state index is 0.0225. The second-order valence-corrected chi connectivity index (χ2v) is 12.1. The molecule has 3 aromatic rings. The fraction of sp³-hybridized carbons (Fsp3) is 0.174. The van der Waals surface area contributed by atoms with Crippen molar-refractivity contribution in [2.75, 3.05) is 33.8 Å². The van der Waals surface area contributed by atoms with Crippen LogP contribution in [0.25, 0.3) is 0 Å². The van der Waals surface area contributed by atoms with Crippen molar-refractivity contribution in [3.63, 3.8) is 0 Å². The predicted molar refractivity (Wildman–Crippen MR) is 135 cm³/mol. The fourth-order valence-electron chi connectivity index (χ4n) is 3.49. The van der Waals surface area contributed by atoms with Crippen LogP contribution in [0.2, 0.25) is 5.02 Å². The highest BCUT2D eigenvalue weighted by Crippen LogP contribution is 2.37. The van der Waals surface area contributed by atoms with Crippen LogP contribution in [0.15, 0.2) is 77.7 Å². The average Bonchev–Trinajstić information content (AvgIpc) is 2.82. The Hall–Kier alpha value is -3.28. The Bertz CT molecular complexity index is 1480. The number of fused-ring (bicyclic) bond motifs is 1. The van der Waals surface area contributed by atoms with Gasteiger partial charge in [0.25, 0.3) is 15.9 Å². The smallest absolute Gasteiger partial charge is 0.267 e. The molecule has 0 unspecified atom stereocenters. The van der Waals surface area contributed by atoms with Gasteiger partial charge < -0.3 is 10.1 Å². The minimum Gasteiger partial charge on any atom is -0.476 e. The summed E-state index contributed by atoms with van der Waals surface area (Å²) in [5, 5.41) is 3.08. The van der Waals surface area contributed by atoms with Gasteiger partial charge in [-0.05, 0) is 54.6 Å². The first-order chi connectivity index (χ1) is 16.5. The van der Waals surface area contributed by atoms with Crippen LogP contribution in [0.1, 0.15) is 0 Å². The summed E-state index contributed by atoms with van der Waals surface area (Å²) in [5.41, 5.74) is 0.994. The number of sulfonamides is 2. The summed E-state index contributed by atoms with van der Waals surface area (Å²) in [4.78, 5) is 13.1. The number of para-hydroxylation sites is 2. The highest BCUT2D eigenvalue weighted by molar-refractivity contribution is 7.93. The van der Waals surface area contributed by atoms with Crippen LogP contribution in [-0.2, 0) is 24.8 Å². The van der Waals surface area contributed by atoms with Gasteiger partial charge >= 0.3 is 0 Å². The van der Waals surface area contributed by atoms with Crippen LogP contribution in [-0.4, -0.2) is 48.7 Å². The molecule has 0 aromatic heterocycles. The van der Waals surface area contributed by atoms with E-state index < -0.39 is 32.1 Å². The number of anilines is 3. The third kappa shape index (κ3) is 5.21. The molecule has 184 valence electrons. The van der Waals surface area contributed by atoms with Gasteiger partial charge in [0.05, 0.1) is 29.1 Å². The van der Waals surface area contributed by atoms with Gasteiger partial charge in [-0.15, -0.1) is 0 Å². The normalized spacial score (nSPS) is 15.6. The molecular weight excluding hydrogens is 514 g/mol. The van der Waals surface area contributed by atoms with Crippen molar-refractivity contribution in [1.29, 1.82) is 0 Å². The van der Waals surface area contributed by atoms with Crippen molar-refractivity contribution in [2.24, 2.45) is 0 Å². The van der Waals surface area contributed by atoms with E-state index >= 15 is 0 Å². The van der Waals surface area contributed by atoms with Crippen molar-refractivity contribution in [3.05, 3.63) is 77.8 Å². The molecule has 1 aliphatic heterocycles. The van der Waals surface area contributed by atoms with E-state index in [4.69, 9.17) is 16.3 Å². The molecule has 35 heavy (non-hydrogen) atoms. The molecule has 3 aromatic carbocycles. The Morgan fingerprint density at radius 1 is 1.03 bits per heavy atom. The SMILES string of the molecule is CN(c1cccc(NC(=O)[C@H]2CN(S(=O)(=O)c3ccc(Cl)cc3)c3ccccc3O2)c1)S(C)(=O)=O. The van der Waals surface area contributed by atoms with Crippen LogP contribution in [0.4, 0.5) is 17.1 Å². The molecule has 0 radical (unpaired) electrons. The monoisotopic (exact) mass is 535 g/mol. The number of nitrogens with one attached hydrogen (secondary N) is 1. The lowest BCUT2D eigenvalue weighted by atomic mass is 10.2. The lowest BCUT2D eigenvalue weighted by Crippen LogP contribution is -2.48. The maximum Gasteiger partial charge on any atom is 0.267 e. The van der Waals surface area contributed by atoms with Gasteiger partial charge in [0.1, 0.15) is 5.75 Å². The molecular formula is C23H22ClN3O6S2. The molecule has 4 rings (SSSR count). The number of rotatable bonds is 6. The van der Waals surface area contributed by atoms with E-state index in [9.17, 15) is 21.6 Å². The number of hydrogen-bond acceptors (Lipinski definition) is 6. The second-order valence-electron chi connectivity index (χ2n) is 7.83. The fourth-order valence-corrected chi connectivity index (χ4v) is 5.59. The second kappa shape index (κ2) is 9.40. The number of halogens is 1. The highest BCUT2D eigenvalue weighted by atomic mass is 35.5. The van der Waals surface area contributed by atoms with E-state index in [1.54, 1.807) is 42.5 Å². The van der Waals surface area contributed by atoms with Crippen molar-refractivity contribution in [3.8, 4) is 5.75 Å². The summed E-state index contributed by atoms with van der Waals surface area (Å²) in [7, 11) is -6.12. The molecule has 1 N–H and O–H groups in total. The van der Waals surface area contributed by atoms with Crippen molar-refractivity contribution in [1.82, 2.24) is 0 Å². The van der Waals surface area contributed by atoms with E-state index in [0.717, 1.165) is 14.9 Å². The first kappa shape index (κ1) is 24.8. The van der Waals surface area contributed by atoms with Crippen LogP contribution >= 0.6 is 11.6 Å². The number of hydrogen-bond donors (Lipinski definition) is 1. The Morgan fingerprint density at radius 3 is 2.40 bits per heavy atom. The summed E-state index contributed by atoms with van der Waals surface area (Å²) in [6.07, 6.45) is -0.0929. The molecule has 0 aliphatic carbocycles. The minimum atomic E-state index is -4.02. The molecule has 1 heterocycles. The van der Waals surface area contributed by atoms with E-state index in [2.05, 4.69) is 5.32 Å². The molecule has 1 aliphatic rings. The first-order valence-corrected chi connectivity index (χ1v) is 14.0. The summed E-state index contributed by atoms with van der Waals surface area (Å²) in [6.45, 7) is -0.267. The number of carbonyl (C=O) groups excluding carboxylic acids is 1. The van der Waals surface area contributed by atoms with Gasteiger partial charge in [-0.2, -0.15) is 0 Å². The Kier molecular flexibility index (Phi) is 6.67. The molecule has 9 nitrogen and oxygen atoms in total.